The number of hydrogen-bond acceptors (Lipinski definition) is 5. The molecule has 0 aliphatic rings. The number of carboxylic acids is 1. The molecular weight excluding hydrogens is 204 g/mol. The van der Waals surface area contributed by atoms with Crippen molar-refractivity contribution in [2.24, 2.45) is 5.92 Å². The number of carbonyl (C=O) groups excluding carboxylic acids is 2. The van der Waals surface area contributed by atoms with E-state index in [-0.39, 0.29) is 6.42 Å². The van der Waals surface area contributed by atoms with Crippen LogP contribution in [0, 0.1) is 5.92 Å². The van der Waals surface area contributed by atoms with Crippen molar-refractivity contribution in [2.45, 2.75) is 13.3 Å². The Balaban J connectivity index is 3.78. The summed E-state index contributed by atoms with van der Waals surface area (Å²) in [4.78, 5) is 31.8. The molecule has 0 aliphatic heterocycles. The van der Waals surface area contributed by atoms with Crippen LogP contribution < -0.4 is 0 Å². The molecule has 0 heterocycles. The fourth-order valence-corrected chi connectivity index (χ4v) is 0.692. The SMILES string of the molecule is C=CC(=O)OCOC(=O)C(C)CC(=O)O. The lowest BCUT2D eigenvalue weighted by atomic mass is 10.1. The first-order chi connectivity index (χ1) is 6.97. The second-order valence-electron chi connectivity index (χ2n) is 2.75. The van der Waals surface area contributed by atoms with E-state index in [1.807, 2.05) is 0 Å². The van der Waals surface area contributed by atoms with Gasteiger partial charge in [-0.1, -0.05) is 13.5 Å². The highest BCUT2D eigenvalue weighted by Gasteiger charge is 2.17. The van der Waals surface area contributed by atoms with Crippen LogP contribution in [-0.2, 0) is 23.9 Å². The van der Waals surface area contributed by atoms with Crippen LogP contribution in [-0.4, -0.2) is 29.8 Å². The van der Waals surface area contributed by atoms with E-state index in [0.717, 1.165) is 6.08 Å². The predicted molar refractivity (Wildman–Crippen MR) is 48.7 cm³/mol. The Labute approximate surface area is 86.5 Å². The summed E-state index contributed by atoms with van der Waals surface area (Å²) in [5, 5.41) is 8.38. The fourth-order valence-electron chi connectivity index (χ4n) is 0.692. The van der Waals surface area contributed by atoms with E-state index in [9.17, 15) is 14.4 Å². The molecular formula is C9H12O6. The molecule has 15 heavy (non-hydrogen) atoms. The average Bonchev–Trinajstić information content (AvgIpc) is 2.16. The zero-order chi connectivity index (χ0) is 11.8. The number of ether oxygens (including phenoxy) is 2. The predicted octanol–water partition coefficient (Wildman–Crippen LogP) is 0.327. The second-order valence-corrected chi connectivity index (χ2v) is 2.75. The molecule has 0 fully saturated rings. The Kier molecular flexibility index (Phi) is 5.77. The Hall–Kier alpha value is -1.85. The molecule has 0 saturated heterocycles. The van der Waals surface area contributed by atoms with Crippen molar-refractivity contribution in [3.63, 3.8) is 0 Å². The third-order valence-corrected chi connectivity index (χ3v) is 1.45. The summed E-state index contributed by atoms with van der Waals surface area (Å²) >= 11 is 0. The van der Waals surface area contributed by atoms with Gasteiger partial charge in [-0.3, -0.25) is 9.59 Å². The summed E-state index contributed by atoms with van der Waals surface area (Å²) in [6, 6.07) is 0. The Bertz CT molecular complexity index is 270. The third kappa shape index (κ3) is 6.25. The van der Waals surface area contributed by atoms with Crippen LogP contribution in [0.1, 0.15) is 13.3 Å². The van der Waals surface area contributed by atoms with Gasteiger partial charge in [-0.15, -0.1) is 0 Å². The van der Waals surface area contributed by atoms with Crippen molar-refractivity contribution in [1.29, 1.82) is 0 Å². The van der Waals surface area contributed by atoms with Gasteiger partial charge in [0.1, 0.15) is 0 Å². The van der Waals surface area contributed by atoms with Crippen LogP contribution in [0.4, 0.5) is 0 Å². The molecule has 0 spiro atoms. The van der Waals surface area contributed by atoms with Crippen LogP contribution in [0.15, 0.2) is 12.7 Å². The van der Waals surface area contributed by atoms with E-state index < -0.39 is 30.6 Å². The first kappa shape index (κ1) is 13.2. The van der Waals surface area contributed by atoms with Gasteiger partial charge in [0.05, 0.1) is 12.3 Å². The molecule has 0 aromatic heterocycles. The smallest absolute Gasteiger partial charge is 0.333 e. The molecule has 0 amide bonds. The van der Waals surface area contributed by atoms with Gasteiger partial charge >= 0.3 is 17.9 Å². The Morgan fingerprint density at radius 2 is 2.00 bits per heavy atom. The molecule has 1 N–H and O–H groups in total. The molecule has 84 valence electrons. The molecule has 6 nitrogen and oxygen atoms in total. The molecule has 0 rings (SSSR count). The highest BCUT2D eigenvalue weighted by molar-refractivity contribution is 5.81. The lowest BCUT2D eigenvalue weighted by Gasteiger charge is -2.08. The van der Waals surface area contributed by atoms with E-state index >= 15 is 0 Å². The molecule has 0 aromatic carbocycles. The van der Waals surface area contributed by atoms with Gasteiger partial charge in [0, 0.05) is 6.08 Å². The largest absolute Gasteiger partial charge is 0.481 e. The fraction of sp³-hybridized carbons (Fsp3) is 0.444. The van der Waals surface area contributed by atoms with Crippen molar-refractivity contribution in [3.8, 4) is 0 Å². The van der Waals surface area contributed by atoms with E-state index in [2.05, 4.69) is 16.1 Å². The first-order valence-corrected chi connectivity index (χ1v) is 4.15. The summed E-state index contributed by atoms with van der Waals surface area (Å²) in [5.41, 5.74) is 0. The van der Waals surface area contributed by atoms with E-state index in [1.54, 1.807) is 0 Å². The topological polar surface area (TPSA) is 89.9 Å². The van der Waals surface area contributed by atoms with E-state index in [4.69, 9.17) is 5.11 Å². The highest BCUT2D eigenvalue weighted by atomic mass is 16.7. The van der Waals surface area contributed by atoms with Gasteiger partial charge in [0.25, 0.3) is 0 Å². The minimum absolute atomic E-state index is 0.325. The summed E-state index contributed by atoms with van der Waals surface area (Å²) in [7, 11) is 0. The first-order valence-electron chi connectivity index (χ1n) is 4.15. The van der Waals surface area contributed by atoms with Gasteiger partial charge < -0.3 is 14.6 Å². The maximum atomic E-state index is 11.0. The molecule has 1 atom stereocenters. The monoisotopic (exact) mass is 216 g/mol. The van der Waals surface area contributed by atoms with Gasteiger partial charge in [-0.05, 0) is 0 Å². The molecule has 1 unspecified atom stereocenters. The molecule has 0 bridgehead atoms. The van der Waals surface area contributed by atoms with Crippen molar-refractivity contribution >= 4 is 17.9 Å². The van der Waals surface area contributed by atoms with Crippen molar-refractivity contribution in [2.75, 3.05) is 6.79 Å². The van der Waals surface area contributed by atoms with Crippen LogP contribution in [0.3, 0.4) is 0 Å². The van der Waals surface area contributed by atoms with E-state index in [1.165, 1.54) is 6.92 Å². The number of esters is 2. The van der Waals surface area contributed by atoms with Crippen molar-refractivity contribution in [3.05, 3.63) is 12.7 Å². The lowest BCUT2D eigenvalue weighted by Crippen LogP contribution is -2.20. The van der Waals surface area contributed by atoms with Crippen LogP contribution in [0.25, 0.3) is 0 Å². The normalized spacial score (nSPS) is 11.3. The van der Waals surface area contributed by atoms with Gasteiger partial charge in [-0.2, -0.15) is 0 Å². The van der Waals surface area contributed by atoms with Gasteiger partial charge in [0.15, 0.2) is 0 Å². The van der Waals surface area contributed by atoms with E-state index in [0.29, 0.717) is 0 Å². The Morgan fingerprint density at radius 3 is 2.47 bits per heavy atom. The standard InChI is InChI=1S/C9H12O6/c1-3-8(12)14-5-15-9(13)6(2)4-7(10)11/h3,6H,1,4-5H2,2H3,(H,10,11). The molecule has 0 aliphatic carbocycles. The van der Waals surface area contributed by atoms with Crippen LogP contribution >= 0.6 is 0 Å². The minimum atomic E-state index is -1.09. The minimum Gasteiger partial charge on any atom is -0.481 e. The summed E-state index contributed by atoms with van der Waals surface area (Å²) in [6.45, 7) is 4.01. The van der Waals surface area contributed by atoms with Crippen molar-refractivity contribution < 1.29 is 29.0 Å². The number of rotatable bonds is 6. The maximum absolute atomic E-state index is 11.0. The molecule has 0 aromatic rings. The molecule has 0 radical (unpaired) electrons. The number of carbonyl (C=O) groups is 3. The number of aliphatic carboxylic acids is 1. The summed E-state index contributed by atoms with van der Waals surface area (Å²) in [5.74, 6) is -3.31. The number of carboxylic acid groups (broad SMARTS) is 1. The number of hydrogen-bond donors (Lipinski definition) is 1. The van der Waals surface area contributed by atoms with Crippen LogP contribution in [0.2, 0.25) is 0 Å². The third-order valence-electron chi connectivity index (χ3n) is 1.45. The zero-order valence-corrected chi connectivity index (χ0v) is 8.26. The van der Waals surface area contributed by atoms with Gasteiger partial charge in [-0.25, -0.2) is 4.79 Å². The summed E-state index contributed by atoms with van der Waals surface area (Å²) < 4.78 is 8.85. The quantitative estimate of drug-likeness (QED) is 0.391. The lowest BCUT2D eigenvalue weighted by molar-refractivity contribution is -0.168. The highest BCUT2D eigenvalue weighted by Crippen LogP contribution is 2.04. The molecule has 0 saturated carbocycles. The maximum Gasteiger partial charge on any atom is 0.333 e. The molecule has 6 heteroatoms. The van der Waals surface area contributed by atoms with Crippen LogP contribution in [0.5, 0.6) is 0 Å². The Morgan fingerprint density at radius 1 is 1.40 bits per heavy atom. The second kappa shape index (κ2) is 6.58. The summed E-state index contributed by atoms with van der Waals surface area (Å²) in [6.07, 6.45) is 0.600. The zero-order valence-electron chi connectivity index (χ0n) is 8.26. The van der Waals surface area contributed by atoms with Gasteiger partial charge in [0.2, 0.25) is 6.79 Å². The van der Waals surface area contributed by atoms with Crippen molar-refractivity contribution in [1.82, 2.24) is 0 Å². The average molecular weight is 216 g/mol.